The second-order valence-corrected chi connectivity index (χ2v) is 6.74. The molecular formula is C16H31IN4S. The molecule has 1 atom stereocenters. The average Bonchev–Trinajstić information content (AvgIpc) is 2.85. The Hall–Kier alpha value is -0.370. The van der Waals surface area contributed by atoms with Crippen molar-refractivity contribution in [3.63, 3.8) is 0 Å². The Labute approximate surface area is 156 Å². The summed E-state index contributed by atoms with van der Waals surface area (Å²) in [5, 5.41) is 7.98. The van der Waals surface area contributed by atoms with Crippen molar-refractivity contribution in [2.75, 3.05) is 13.1 Å². The first-order chi connectivity index (χ1) is 10.2. The maximum Gasteiger partial charge on any atom is 0.191 e. The summed E-state index contributed by atoms with van der Waals surface area (Å²) in [6.45, 7) is 10.3. The number of guanidine groups is 1. The Morgan fingerprint density at radius 1 is 1.36 bits per heavy atom. The molecule has 0 radical (unpaired) electrons. The number of thiazole rings is 1. The number of aliphatic imine (C=N–C) groups is 1. The number of halogens is 1. The minimum Gasteiger partial charge on any atom is -0.357 e. The van der Waals surface area contributed by atoms with Crippen molar-refractivity contribution in [3.05, 3.63) is 16.1 Å². The van der Waals surface area contributed by atoms with Crippen molar-refractivity contribution in [3.8, 4) is 0 Å². The zero-order chi connectivity index (χ0) is 15.5. The second-order valence-electron chi connectivity index (χ2n) is 5.42. The molecule has 0 aliphatic rings. The number of hydrogen-bond acceptors (Lipinski definition) is 3. The molecule has 6 heteroatoms. The zero-order valence-electron chi connectivity index (χ0n) is 14.3. The monoisotopic (exact) mass is 438 g/mol. The molecule has 0 saturated carbocycles. The molecule has 1 rings (SSSR count). The van der Waals surface area contributed by atoms with Gasteiger partial charge >= 0.3 is 0 Å². The molecule has 0 amide bonds. The van der Waals surface area contributed by atoms with Crippen molar-refractivity contribution in [2.24, 2.45) is 4.99 Å². The van der Waals surface area contributed by atoms with Gasteiger partial charge in [-0.05, 0) is 27.2 Å². The lowest BCUT2D eigenvalue weighted by atomic mass is 10.1. The number of aryl methyl sites for hydroxylation is 1. The van der Waals surface area contributed by atoms with E-state index < -0.39 is 0 Å². The third kappa shape index (κ3) is 9.61. The smallest absolute Gasteiger partial charge is 0.191 e. The predicted octanol–water partition coefficient (Wildman–Crippen LogP) is 4.14. The van der Waals surface area contributed by atoms with Gasteiger partial charge in [0, 0.05) is 36.6 Å². The number of aromatic nitrogens is 1. The van der Waals surface area contributed by atoms with E-state index in [1.165, 1.54) is 35.6 Å². The van der Waals surface area contributed by atoms with Crippen LogP contribution >= 0.6 is 35.3 Å². The first-order valence-electron chi connectivity index (χ1n) is 8.11. The fourth-order valence-electron chi connectivity index (χ4n) is 2.11. The highest BCUT2D eigenvalue weighted by Crippen LogP contribution is 2.11. The third-order valence-electron chi connectivity index (χ3n) is 3.23. The van der Waals surface area contributed by atoms with E-state index in [0.717, 1.165) is 25.5 Å². The minimum atomic E-state index is 0. The predicted molar refractivity (Wildman–Crippen MR) is 109 cm³/mol. The highest BCUT2D eigenvalue weighted by Gasteiger charge is 2.05. The Morgan fingerprint density at radius 3 is 2.73 bits per heavy atom. The fourth-order valence-corrected chi connectivity index (χ4v) is 2.88. The first-order valence-corrected chi connectivity index (χ1v) is 8.93. The van der Waals surface area contributed by atoms with Crippen LogP contribution in [0.2, 0.25) is 0 Å². The van der Waals surface area contributed by atoms with E-state index in [0.29, 0.717) is 6.04 Å². The summed E-state index contributed by atoms with van der Waals surface area (Å²) in [5.41, 5.74) is 0. The summed E-state index contributed by atoms with van der Waals surface area (Å²) in [7, 11) is 0. The Balaban J connectivity index is 0.00000441. The normalized spacial score (nSPS) is 12.6. The number of rotatable bonds is 9. The third-order valence-corrected chi connectivity index (χ3v) is 4.21. The van der Waals surface area contributed by atoms with Gasteiger partial charge in [0.15, 0.2) is 5.96 Å². The highest BCUT2D eigenvalue weighted by atomic mass is 127. The van der Waals surface area contributed by atoms with Crippen LogP contribution in [0, 0.1) is 6.92 Å². The number of hydrogen-bond donors (Lipinski definition) is 2. The topological polar surface area (TPSA) is 49.3 Å². The van der Waals surface area contributed by atoms with E-state index in [1.54, 1.807) is 11.3 Å². The molecule has 0 bridgehead atoms. The lowest BCUT2D eigenvalue weighted by Gasteiger charge is -2.17. The molecular weight excluding hydrogens is 407 g/mol. The van der Waals surface area contributed by atoms with Gasteiger partial charge < -0.3 is 10.6 Å². The van der Waals surface area contributed by atoms with E-state index in [4.69, 9.17) is 0 Å². The number of nitrogens with zero attached hydrogens (tertiary/aromatic N) is 2. The van der Waals surface area contributed by atoms with Gasteiger partial charge in [-0.3, -0.25) is 4.99 Å². The van der Waals surface area contributed by atoms with Gasteiger partial charge in [0.05, 0.1) is 5.01 Å². The molecule has 0 saturated heterocycles. The Morgan fingerprint density at radius 2 is 2.14 bits per heavy atom. The molecule has 4 nitrogen and oxygen atoms in total. The van der Waals surface area contributed by atoms with Crippen LogP contribution in [0.1, 0.15) is 56.3 Å². The summed E-state index contributed by atoms with van der Waals surface area (Å²) in [6, 6.07) is 0.469. The maximum absolute atomic E-state index is 4.65. The molecule has 0 aromatic carbocycles. The molecule has 1 aromatic rings. The highest BCUT2D eigenvalue weighted by molar-refractivity contribution is 14.0. The van der Waals surface area contributed by atoms with Crippen LogP contribution in [0.5, 0.6) is 0 Å². The average molecular weight is 438 g/mol. The van der Waals surface area contributed by atoms with Gasteiger partial charge in [-0.25, -0.2) is 4.98 Å². The van der Waals surface area contributed by atoms with Gasteiger partial charge in [-0.15, -0.1) is 35.3 Å². The van der Waals surface area contributed by atoms with E-state index >= 15 is 0 Å². The van der Waals surface area contributed by atoms with Gasteiger partial charge in [-0.2, -0.15) is 0 Å². The molecule has 1 aromatic heterocycles. The minimum absolute atomic E-state index is 0. The molecule has 0 spiro atoms. The van der Waals surface area contributed by atoms with Crippen LogP contribution in [0.15, 0.2) is 11.2 Å². The van der Waals surface area contributed by atoms with E-state index in [9.17, 15) is 0 Å². The number of unbranched alkanes of at least 4 members (excludes halogenated alkanes) is 2. The summed E-state index contributed by atoms with van der Waals surface area (Å²) in [4.78, 5) is 10.3. The largest absolute Gasteiger partial charge is 0.357 e. The fraction of sp³-hybridized carbons (Fsp3) is 0.750. The first kappa shape index (κ1) is 21.6. The molecule has 22 heavy (non-hydrogen) atoms. The number of nitrogens with one attached hydrogen (secondary N) is 2. The van der Waals surface area contributed by atoms with Crippen LogP contribution in [-0.4, -0.2) is 30.1 Å². The van der Waals surface area contributed by atoms with E-state index in [1.807, 2.05) is 6.20 Å². The Bertz CT molecular complexity index is 420. The second kappa shape index (κ2) is 13.1. The maximum atomic E-state index is 4.65. The van der Waals surface area contributed by atoms with Crippen LogP contribution < -0.4 is 10.6 Å². The molecule has 128 valence electrons. The lowest BCUT2D eigenvalue weighted by molar-refractivity contribution is 0.547. The molecule has 0 aliphatic carbocycles. The SMILES string of the molecule is CCCCCC(C)NC(=NCCc1ncc(C)s1)NCC.I. The molecule has 0 aliphatic heterocycles. The van der Waals surface area contributed by atoms with Crippen molar-refractivity contribution in [1.82, 2.24) is 15.6 Å². The van der Waals surface area contributed by atoms with Gasteiger partial charge in [0.2, 0.25) is 0 Å². The van der Waals surface area contributed by atoms with E-state index in [-0.39, 0.29) is 24.0 Å². The molecule has 1 heterocycles. The van der Waals surface area contributed by atoms with Gasteiger partial charge in [0.25, 0.3) is 0 Å². The molecule has 0 fully saturated rings. The molecule has 1 unspecified atom stereocenters. The van der Waals surface area contributed by atoms with Crippen LogP contribution in [0.4, 0.5) is 0 Å². The summed E-state index contributed by atoms with van der Waals surface area (Å²) >= 11 is 1.76. The van der Waals surface area contributed by atoms with Crippen LogP contribution in [-0.2, 0) is 6.42 Å². The lowest BCUT2D eigenvalue weighted by Crippen LogP contribution is -2.42. The Kier molecular flexibility index (Phi) is 12.9. The van der Waals surface area contributed by atoms with Gasteiger partial charge in [0.1, 0.15) is 0 Å². The standard InChI is InChI=1S/C16H30N4S.HI/c1-5-7-8-9-13(3)20-16(17-6-2)18-11-10-15-19-12-14(4)21-15;/h12-13H,5-11H2,1-4H3,(H2,17,18,20);1H. The summed E-state index contributed by atoms with van der Waals surface area (Å²) < 4.78 is 0. The summed E-state index contributed by atoms with van der Waals surface area (Å²) in [6.07, 6.45) is 7.91. The van der Waals surface area contributed by atoms with Crippen molar-refractivity contribution >= 4 is 41.3 Å². The molecule has 2 N–H and O–H groups in total. The van der Waals surface area contributed by atoms with Crippen molar-refractivity contribution in [2.45, 2.75) is 65.8 Å². The zero-order valence-corrected chi connectivity index (χ0v) is 17.5. The van der Waals surface area contributed by atoms with Crippen molar-refractivity contribution in [1.29, 1.82) is 0 Å². The van der Waals surface area contributed by atoms with Gasteiger partial charge in [-0.1, -0.05) is 26.2 Å². The van der Waals surface area contributed by atoms with Crippen molar-refractivity contribution < 1.29 is 0 Å². The quantitative estimate of drug-likeness (QED) is 0.264. The van der Waals surface area contributed by atoms with Crippen LogP contribution in [0.25, 0.3) is 0 Å². The van der Waals surface area contributed by atoms with E-state index in [2.05, 4.69) is 48.3 Å². The summed E-state index contributed by atoms with van der Waals surface area (Å²) in [5.74, 6) is 0.926. The van der Waals surface area contributed by atoms with Crippen LogP contribution in [0.3, 0.4) is 0 Å².